The summed E-state index contributed by atoms with van der Waals surface area (Å²) in [4.78, 5) is 15.9. The highest BCUT2D eigenvalue weighted by Gasteiger charge is 2.20. The fourth-order valence-corrected chi connectivity index (χ4v) is 3.41. The minimum Gasteiger partial charge on any atom is -0.349 e. The minimum atomic E-state index is -0.695. The SMILES string of the molecule is O=C(NC1CCS(=O)CC1)c1cncc(Br)c1. The highest BCUT2D eigenvalue weighted by atomic mass is 79.9. The molecule has 1 saturated heterocycles. The number of hydrogen-bond acceptors (Lipinski definition) is 3. The number of hydrogen-bond donors (Lipinski definition) is 1. The smallest absolute Gasteiger partial charge is 0.253 e. The molecule has 6 heteroatoms. The Balaban J connectivity index is 1.95. The predicted octanol–water partition coefficient (Wildman–Crippen LogP) is 1.48. The molecule has 0 atom stereocenters. The molecule has 1 aromatic rings. The van der Waals surface area contributed by atoms with Crippen LogP contribution in [0, 0.1) is 0 Å². The molecular formula is C11H13BrN2O2S. The molecule has 0 aromatic carbocycles. The lowest BCUT2D eigenvalue weighted by Gasteiger charge is -2.22. The lowest BCUT2D eigenvalue weighted by atomic mass is 10.1. The van der Waals surface area contributed by atoms with Crippen molar-refractivity contribution < 1.29 is 9.00 Å². The summed E-state index contributed by atoms with van der Waals surface area (Å²) in [7, 11) is -0.695. The summed E-state index contributed by atoms with van der Waals surface area (Å²) in [5, 5.41) is 2.95. The molecule has 1 amide bonds. The maximum atomic E-state index is 11.9. The number of nitrogens with zero attached hydrogens (tertiary/aromatic N) is 1. The van der Waals surface area contributed by atoms with Gasteiger partial charge in [-0.25, -0.2) is 0 Å². The molecule has 0 radical (unpaired) electrons. The molecule has 1 aromatic heterocycles. The van der Waals surface area contributed by atoms with E-state index in [1.807, 2.05) is 0 Å². The second-order valence-corrected chi connectivity index (χ2v) is 6.60. The number of rotatable bonds is 2. The van der Waals surface area contributed by atoms with Gasteiger partial charge in [0.25, 0.3) is 5.91 Å². The van der Waals surface area contributed by atoms with Gasteiger partial charge < -0.3 is 5.32 Å². The van der Waals surface area contributed by atoms with E-state index in [-0.39, 0.29) is 11.9 Å². The van der Waals surface area contributed by atoms with Gasteiger partial charge in [0.15, 0.2) is 0 Å². The summed E-state index contributed by atoms with van der Waals surface area (Å²) < 4.78 is 12.0. The molecule has 1 N–H and O–H groups in total. The lowest BCUT2D eigenvalue weighted by molar-refractivity contribution is 0.0934. The lowest BCUT2D eigenvalue weighted by Crippen LogP contribution is -2.39. The standard InChI is InChI=1S/C11H13BrN2O2S/c12-9-5-8(6-13-7-9)11(15)14-10-1-3-17(16)4-2-10/h5-7,10H,1-4H2,(H,14,15). The fourth-order valence-electron chi connectivity index (χ4n) is 1.74. The van der Waals surface area contributed by atoms with E-state index in [0.29, 0.717) is 17.1 Å². The summed E-state index contributed by atoms with van der Waals surface area (Å²) in [5.41, 5.74) is 0.547. The molecule has 0 aliphatic carbocycles. The van der Waals surface area contributed by atoms with E-state index in [9.17, 15) is 9.00 Å². The van der Waals surface area contributed by atoms with E-state index in [0.717, 1.165) is 17.3 Å². The van der Waals surface area contributed by atoms with Gasteiger partial charge in [0.05, 0.1) is 5.56 Å². The largest absolute Gasteiger partial charge is 0.349 e. The Hall–Kier alpha value is -0.750. The van der Waals surface area contributed by atoms with Crippen molar-refractivity contribution in [3.8, 4) is 0 Å². The summed E-state index contributed by atoms with van der Waals surface area (Å²) in [6.07, 6.45) is 4.77. The van der Waals surface area contributed by atoms with Crippen molar-refractivity contribution in [3.63, 3.8) is 0 Å². The first-order valence-corrected chi connectivity index (χ1v) is 7.69. The zero-order chi connectivity index (χ0) is 12.3. The van der Waals surface area contributed by atoms with Crippen LogP contribution in [0.2, 0.25) is 0 Å². The van der Waals surface area contributed by atoms with Crippen molar-refractivity contribution in [2.45, 2.75) is 18.9 Å². The summed E-state index contributed by atoms with van der Waals surface area (Å²) >= 11 is 3.28. The van der Waals surface area contributed by atoms with Gasteiger partial charge in [0.1, 0.15) is 0 Å². The Morgan fingerprint density at radius 2 is 2.12 bits per heavy atom. The van der Waals surface area contributed by atoms with Crippen LogP contribution in [0.3, 0.4) is 0 Å². The molecular weight excluding hydrogens is 304 g/mol. The molecule has 4 nitrogen and oxygen atoms in total. The molecule has 2 rings (SSSR count). The minimum absolute atomic E-state index is 0.114. The van der Waals surface area contributed by atoms with Crippen LogP contribution in [0.15, 0.2) is 22.9 Å². The summed E-state index contributed by atoms with van der Waals surface area (Å²) in [6, 6.07) is 1.88. The quantitative estimate of drug-likeness (QED) is 0.899. The second-order valence-electron chi connectivity index (χ2n) is 3.99. The first kappa shape index (κ1) is 12.7. The summed E-state index contributed by atoms with van der Waals surface area (Å²) in [6.45, 7) is 0. The van der Waals surface area contributed by atoms with E-state index in [1.54, 1.807) is 18.5 Å². The van der Waals surface area contributed by atoms with Gasteiger partial charge in [-0.1, -0.05) is 0 Å². The van der Waals surface area contributed by atoms with Crippen LogP contribution < -0.4 is 5.32 Å². The Labute approximate surface area is 111 Å². The topological polar surface area (TPSA) is 59.1 Å². The van der Waals surface area contributed by atoms with Crippen LogP contribution in [-0.2, 0) is 10.8 Å². The fraction of sp³-hybridized carbons (Fsp3) is 0.455. The van der Waals surface area contributed by atoms with Crippen LogP contribution in [0.4, 0.5) is 0 Å². The van der Waals surface area contributed by atoms with E-state index < -0.39 is 10.8 Å². The van der Waals surface area contributed by atoms with Gasteiger partial charge in [0.2, 0.25) is 0 Å². The third kappa shape index (κ3) is 3.61. The van der Waals surface area contributed by atoms with E-state index in [1.165, 1.54) is 0 Å². The molecule has 1 fully saturated rings. The monoisotopic (exact) mass is 316 g/mol. The number of nitrogens with one attached hydrogen (secondary N) is 1. The highest BCUT2D eigenvalue weighted by molar-refractivity contribution is 9.10. The predicted molar refractivity (Wildman–Crippen MR) is 70.3 cm³/mol. The van der Waals surface area contributed by atoms with Gasteiger partial charge in [-0.3, -0.25) is 14.0 Å². The van der Waals surface area contributed by atoms with Gasteiger partial charge >= 0.3 is 0 Å². The zero-order valence-corrected chi connectivity index (χ0v) is 11.6. The average molecular weight is 317 g/mol. The normalized spacial score (nSPS) is 24.3. The highest BCUT2D eigenvalue weighted by Crippen LogP contribution is 2.12. The summed E-state index contributed by atoms with van der Waals surface area (Å²) in [5.74, 6) is 1.25. The van der Waals surface area contributed by atoms with Crippen LogP contribution in [0.1, 0.15) is 23.2 Å². The second kappa shape index (κ2) is 5.73. The van der Waals surface area contributed by atoms with Crippen LogP contribution in [-0.4, -0.2) is 32.6 Å². The third-order valence-corrected chi connectivity index (χ3v) is 4.51. The third-order valence-electron chi connectivity index (χ3n) is 2.69. The van der Waals surface area contributed by atoms with Gasteiger partial charge in [-0.15, -0.1) is 0 Å². The Morgan fingerprint density at radius 1 is 1.41 bits per heavy atom. The maximum Gasteiger partial charge on any atom is 0.253 e. The molecule has 0 spiro atoms. The molecule has 1 aliphatic rings. The average Bonchev–Trinajstić information content (AvgIpc) is 2.32. The zero-order valence-electron chi connectivity index (χ0n) is 9.19. The number of amides is 1. The van der Waals surface area contributed by atoms with E-state index >= 15 is 0 Å². The molecule has 17 heavy (non-hydrogen) atoms. The molecule has 0 bridgehead atoms. The van der Waals surface area contributed by atoms with E-state index in [2.05, 4.69) is 26.2 Å². The van der Waals surface area contributed by atoms with Crippen molar-refractivity contribution in [2.24, 2.45) is 0 Å². The van der Waals surface area contributed by atoms with Crippen molar-refractivity contribution in [2.75, 3.05) is 11.5 Å². The molecule has 1 aliphatic heterocycles. The van der Waals surface area contributed by atoms with E-state index in [4.69, 9.17) is 0 Å². The number of carbonyl (C=O) groups is 1. The van der Waals surface area contributed by atoms with Crippen LogP contribution >= 0.6 is 15.9 Å². The van der Waals surface area contributed by atoms with Crippen molar-refractivity contribution >= 4 is 32.6 Å². The van der Waals surface area contributed by atoms with Crippen molar-refractivity contribution in [1.29, 1.82) is 0 Å². The van der Waals surface area contributed by atoms with Gasteiger partial charge in [-0.05, 0) is 34.8 Å². The number of halogens is 1. The Bertz CT molecular complexity index is 443. The van der Waals surface area contributed by atoms with Crippen molar-refractivity contribution in [1.82, 2.24) is 10.3 Å². The first-order chi connectivity index (χ1) is 8.15. The van der Waals surface area contributed by atoms with Crippen LogP contribution in [0.5, 0.6) is 0 Å². The van der Waals surface area contributed by atoms with Gasteiger partial charge in [-0.2, -0.15) is 0 Å². The van der Waals surface area contributed by atoms with Crippen LogP contribution in [0.25, 0.3) is 0 Å². The number of aromatic nitrogens is 1. The molecule has 0 saturated carbocycles. The first-order valence-electron chi connectivity index (χ1n) is 5.41. The maximum absolute atomic E-state index is 11.9. The number of carbonyl (C=O) groups excluding carboxylic acids is 1. The van der Waals surface area contributed by atoms with Gasteiger partial charge in [0, 0.05) is 45.2 Å². The Kier molecular flexibility index (Phi) is 4.28. The Morgan fingerprint density at radius 3 is 2.76 bits per heavy atom. The number of pyridine rings is 1. The van der Waals surface area contributed by atoms with Crippen molar-refractivity contribution in [3.05, 3.63) is 28.5 Å². The molecule has 2 heterocycles. The molecule has 92 valence electrons. The molecule has 0 unspecified atom stereocenters.